The highest BCUT2D eigenvalue weighted by atomic mass is 31.2. The zero-order chi connectivity index (χ0) is 24.2. The number of phosphoric acid groups is 1. The fourth-order valence-electron chi connectivity index (χ4n) is 2.61. The Morgan fingerprint density at radius 2 is 1.50 bits per heavy atom. The van der Waals surface area contributed by atoms with Crippen LogP contribution < -0.4 is 9.47 Å². The lowest BCUT2D eigenvalue weighted by Crippen LogP contribution is -2.52. The van der Waals surface area contributed by atoms with Crippen molar-refractivity contribution in [1.82, 2.24) is 0 Å². The maximum absolute atomic E-state index is 12.2. The molecule has 3 atom stereocenters. The highest BCUT2D eigenvalue weighted by Crippen LogP contribution is 2.46. The normalized spacial score (nSPS) is 15.6. The Balaban J connectivity index is 2.35. The molecule has 32 heavy (non-hydrogen) atoms. The molecule has 0 fully saturated rings. The summed E-state index contributed by atoms with van der Waals surface area (Å²) in [5.74, 6) is 0.213. The molecule has 2 unspecified atom stereocenters. The largest absolute Gasteiger partial charge is 0.494 e. The van der Waals surface area contributed by atoms with E-state index in [1.54, 1.807) is 21.1 Å². The predicted molar refractivity (Wildman–Crippen MR) is 119 cm³/mol. The van der Waals surface area contributed by atoms with Gasteiger partial charge in [0.15, 0.2) is 6.10 Å². The number of aliphatic hydroxyl groups is 1. The van der Waals surface area contributed by atoms with Gasteiger partial charge in [0.05, 0.1) is 47.4 Å². The van der Waals surface area contributed by atoms with Gasteiger partial charge in [0, 0.05) is 0 Å². The van der Waals surface area contributed by atoms with Crippen LogP contribution in [0.2, 0.25) is 0 Å². The number of phosphoric ester groups is 1. The average Bonchev–Trinajstić information content (AvgIpc) is 2.69. The summed E-state index contributed by atoms with van der Waals surface area (Å²) in [4.78, 5) is 20.9. The molecule has 0 spiro atoms. The molecule has 184 valence electrons. The van der Waals surface area contributed by atoms with Gasteiger partial charge in [0.25, 0.3) is 0 Å². The van der Waals surface area contributed by atoms with Gasteiger partial charge in [0.2, 0.25) is 6.23 Å². The van der Waals surface area contributed by atoms with Gasteiger partial charge < -0.3 is 29.1 Å². The molecule has 0 aliphatic carbocycles. The Bertz CT molecular complexity index is 721. The zero-order valence-electron chi connectivity index (χ0n) is 19.3. The first-order valence-electron chi connectivity index (χ1n) is 10.7. The lowest BCUT2D eigenvalue weighted by Gasteiger charge is -2.34. The van der Waals surface area contributed by atoms with Crippen LogP contribution >= 0.6 is 7.82 Å². The molecule has 0 saturated carbocycles. The molecule has 10 nitrogen and oxygen atoms in total. The van der Waals surface area contributed by atoms with Crippen molar-refractivity contribution in [2.75, 3.05) is 41.0 Å². The fourth-order valence-corrected chi connectivity index (χ4v) is 3.56. The first-order chi connectivity index (χ1) is 14.9. The van der Waals surface area contributed by atoms with Gasteiger partial charge in [-0.1, -0.05) is 13.3 Å². The Kier molecular flexibility index (Phi) is 12.2. The van der Waals surface area contributed by atoms with E-state index in [4.69, 9.17) is 23.6 Å². The number of unbranched alkanes of at least 4 members (excludes halogenated alkanes) is 2. The fraction of sp³-hybridized carbons (Fsp3) is 0.667. The molecule has 0 amide bonds. The second-order valence-electron chi connectivity index (χ2n) is 8.30. The number of hydrogen-bond donors (Lipinski definition) is 3. The van der Waals surface area contributed by atoms with Gasteiger partial charge in [-0.15, -0.1) is 0 Å². The third-order valence-corrected chi connectivity index (χ3v) is 5.47. The van der Waals surface area contributed by atoms with Crippen molar-refractivity contribution in [3.8, 4) is 11.5 Å². The van der Waals surface area contributed by atoms with Crippen LogP contribution in [0.4, 0.5) is 0 Å². The average molecular weight is 478 g/mol. The topological polar surface area (TPSA) is 132 Å². The molecule has 0 bridgehead atoms. The lowest BCUT2D eigenvalue weighted by molar-refractivity contribution is -0.922. The van der Waals surface area contributed by atoms with E-state index in [9.17, 15) is 19.4 Å². The van der Waals surface area contributed by atoms with Gasteiger partial charge in [-0.25, -0.2) is 4.57 Å². The Hall–Kier alpha value is -1.68. The first kappa shape index (κ1) is 28.4. The molecular weight excluding hydrogens is 441 g/mol. The lowest BCUT2D eigenvalue weighted by atomic mass is 10.2. The number of hydrogen-bond acceptors (Lipinski definition) is 7. The number of quaternary nitrogens is 1. The van der Waals surface area contributed by atoms with Gasteiger partial charge >= 0.3 is 13.8 Å². The highest BCUT2D eigenvalue weighted by molar-refractivity contribution is 7.47. The number of carboxylic acid groups (broad SMARTS) is 1. The smallest absolute Gasteiger partial charge is 0.472 e. The minimum absolute atomic E-state index is 0.0683. The highest BCUT2D eigenvalue weighted by Gasteiger charge is 2.39. The van der Waals surface area contributed by atoms with Crippen molar-refractivity contribution in [2.24, 2.45) is 0 Å². The van der Waals surface area contributed by atoms with Crippen LogP contribution in [0.5, 0.6) is 11.5 Å². The molecule has 0 aromatic heterocycles. The number of aliphatic hydroxyl groups excluding tert-OH is 1. The standard InChI is InChI=1S/C21H36NO9P/c1-5-6-13-28-17-9-11-18(12-10-17)29-14-7-8-15-30-32(26,27)31-19(16-20(23)24)21(25)22(2,3)4/h9-12,19,21,25H,5-8,13-16H2,1-4H3,(H-,23,24,26,27)/p+1/t19-,21?/m1/s1. The summed E-state index contributed by atoms with van der Waals surface area (Å²) >= 11 is 0. The molecule has 0 heterocycles. The van der Waals surface area contributed by atoms with E-state index in [2.05, 4.69) is 6.92 Å². The number of rotatable bonds is 17. The SMILES string of the molecule is CCCCOc1ccc(OCCCCOP(=O)(O)O[C@H](CC(=O)O)C(O)[N+](C)(C)C)cc1. The summed E-state index contributed by atoms with van der Waals surface area (Å²) in [6.07, 6.45) is -0.303. The molecule has 1 rings (SSSR count). The maximum atomic E-state index is 12.2. The van der Waals surface area contributed by atoms with E-state index in [-0.39, 0.29) is 11.1 Å². The summed E-state index contributed by atoms with van der Waals surface area (Å²) in [7, 11) is 0.290. The van der Waals surface area contributed by atoms with Gasteiger partial charge in [0.1, 0.15) is 11.5 Å². The quantitative estimate of drug-likeness (QED) is 0.134. The molecule has 1 aromatic carbocycles. The number of ether oxygens (including phenoxy) is 2. The molecule has 0 saturated heterocycles. The van der Waals surface area contributed by atoms with Crippen LogP contribution in [0.25, 0.3) is 0 Å². The first-order valence-corrected chi connectivity index (χ1v) is 12.2. The third kappa shape index (κ3) is 11.8. The zero-order valence-corrected chi connectivity index (χ0v) is 20.2. The van der Waals surface area contributed by atoms with Crippen LogP contribution in [0, 0.1) is 0 Å². The summed E-state index contributed by atoms with van der Waals surface area (Å²) in [5.41, 5.74) is 0. The summed E-state index contributed by atoms with van der Waals surface area (Å²) in [6, 6.07) is 7.31. The van der Waals surface area contributed by atoms with Crippen LogP contribution in [0.15, 0.2) is 24.3 Å². The van der Waals surface area contributed by atoms with Crippen molar-refractivity contribution >= 4 is 13.8 Å². The number of carbonyl (C=O) groups is 1. The van der Waals surface area contributed by atoms with Crippen molar-refractivity contribution in [3.63, 3.8) is 0 Å². The predicted octanol–water partition coefficient (Wildman–Crippen LogP) is 3.03. The van der Waals surface area contributed by atoms with Crippen molar-refractivity contribution in [3.05, 3.63) is 24.3 Å². The molecular formula is C21H37NO9P+. The summed E-state index contributed by atoms with van der Waals surface area (Å²) < 4.78 is 33.2. The second kappa shape index (κ2) is 13.8. The summed E-state index contributed by atoms with van der Waals surface area (Å²) in [6.45, 7) is 3.09. The second-order valence-corrected chi connectivity index (χ2v) is 9.71. The molecule has 0 aliphatic rings. The van der Waals surface area contributed by atoms with Crippen molar-refractivity contribution in [2.45, 2.75) is 51.4 Å². The van der Waals surface area contributed by atoms with Crippen LogP contribution in [0.1, 0.15) is 39.0 Å². The third-order valence-electron chi connectivity index (χ3n) is 4.42. The monoisotopic (exact) mass is 478 g/mol. The van der Waals surface area contributed by atoms with E-state index < -0.39 is 32.5 Å². The molecule has 0 aliphatic heterocycles. The van der Waals surface area contributed by atoms with E-state index >= 15 is 0 Å². The summed E-state index contributed by atoms with van der Waals surface area (Å²) in [5, 5.41) is 19.2. The maximum Gasteiger partial charge on any atom is 0.472 e. The van der Waals surface area contributed by atoms with E-state index in [0.717, 1.165) is 18.6 Å². The van der Waals surface area contributed by atoms with Crippen LogP contribution in [-0.2, 0) is 18.4 Å². The van der Waals surface area contributed by atoms with Crippen LogP contribution in [-0.4, -0.2) is 78.9 Å². The number of carboxylic acids is 1. The molecule has 11 heteroatoms. The van der Waals surface area contributed by atoms with Gasteiger partial charge in [-0.05, 0) is 43.5 Å². The van der Waals surface area contributed by atoms with Crippen molar-refractivity contribution in [1.29, 1.82) is 0 Å². The van der Waals surface area contributed by atoms with E-state index in [1.807, 2.05) is 24.3 Å². The molecule has 3 N–H and O–H groups in total. The Morgan fingerprint density at radius 1 is 1.00 bits per heavy atom. The van der Waals surface area contributed by atoms with Crippen LogP contribution in [0.3, 0.4) is 0 Å². The number of aliphatic carboxylic acids is 1. The molecule has 1 aromatic rings. The number of benzene rings is 1. The van der Waals surface area contributed by atoms with Gasteiger partial charge in [-0.3, -0.25) is 13.8 Å². The Morgan fingerprint density at radius 3 is 1.97 bits per heavy atom. The minimum Gasteiger partial charge on any atom is -0.494 e. The van der Waals surface area contributed by atoms with E-state index in [0.29, 0.717) is 31.8 Å². The number of nitrogens with zero attached hydrogens (tertiary/aromatic N) is 1. The number of likely N-dealkylation sites (N-methyl/N-ethyl adjacent to an activating group) is 1. The Labute approximate surface area is 189 Å². The minimum atomic E-state index is -4.54. The van der Waals surface area contributed by atoms with Gasteiger partial charge in [-0.2, -0.15) is 0 Å². The molecule has 0 radical (unpaired) electrons. The van der Waals surface area contributed by atoms with E-state index in [1.165, 1.54) is 0 Å². The van der Waals surface area contributed by atoms with Crippen molar-refractivity contribution < 1.29 is 47.5 Å².